The molecule has 134 valence electrons. The van der Waals surface area contributed by atoms with Crippen LogP contribution in [-0.2, 0) is 6.42 Å². The molecular formula is C18H17ClN4O3. The highest BCUT2D eigenvalue weighted by Crippen LogP contribution is 2.28. The standard InChI is InChI=1S/C18H17ClN4O3/c1-25-15-8-3-11(10-16(15)26-2)9-14-17(24)21-18(23-22-14)20-13-6-4-12(19)5-7-13/h3-8,10H,9H2,1-2H3,(H2,20,21,23,24). The van der Waals surface area contributed by atoms with Gasteiger partial charge in [-0.1, -0.05) is 17.7 Å². The van der Waals surface area contributed by atoms with Gasteiger partial charge in [-0.25, -0.2) is 0 Å². The molecule has 0 bridgehead atoms. The number of nitrogens with zero attached hydrogens (tertiary/aromatic N) is 2. The summed E-state index contributed by atoms with van der Waals surface area (Å²) < 4.78 is 10.5. The van der Waals surface area contributed by atoms with Gasteiger partial charge in [0.2, 0.25) is 5.95 Å². The van der Waals surface area contributed by atoms with E-state index in [1.165, 1.54) is 0 Å². The van der Waals surface area contributed by atoms with Gasteiger partial charge in [0.15, 0.2) is 11.5 Å². The highest BCUT2D eigenvalue weighted by atomic mass is 35.5. The van der Waals surface area contributed by atoms with Crippen LogP contribution in [0.5, 0.6) is 11.5 Å². The van der Waals surface area contributed by atoms with Gasteiger partial charge < -0.3 is 14.8 Å². The number of benzene rings is 2. The van der Waals surface area contributed by atoms with E-state index < -0.39 is 0 Å². The summed E-state index contributed by atoms with van der Waals surface area (Å²) in [7, 11) is 3.13. The lowest BCUT2D eigenvalue weighted by atomic mass is 10.1. The molecule has 0 spiro atoms. The maximum Gasteiger partial charge on any atom is 0.274 e. The van der Waals surface area contributed by atoms with Crippen LogP contribution in [0.3, 0.4) is 0 Å². The van der Waals surface area contributed by atoms with Gasteiger partial charge in [0.05, 0.1) is 14.2 Å². The van der Waals surface area contributed by atoms with E-state index in [1.807, 2.05) is 6.07 Å². The molecule has 0 aliphatic heterocycles. The number of hydrogen-bond acceptors (Lipinski definition) is 6. The van der Waals surface area contributed by atoms with E-state index in [9.17, 15) is 4.79 Å². The lowest BCUT2D eigenvalue weighted by Crippen LogP contribution is -2.18. The van der Waals surface area contributed by atoms with Crippen molar-refractivity contribution in [2.24, 2.45) is 0 Å². The van der Waals surface area contributed by atoms with Crippen LogP contribution < -0.4 is 20.3 Å². The molecule has 0 aliphatic carbocycles. The van der Waals surface area contributed by atoms with Crippen molar-refractivity contribution < 1.29 is 9.47 Å². The number of methoxy groups -OCH3 is 2. The van der Waals surface area contributed by atoms with Crippen molar-refractivity contribution in [2.75, 3.05) is 19.5 Å². The van der Waals surface area contributed by atoms with Crippen molar-refractivity contribution in [1.29, 1.82) is 0 Å². The lowest BCUT2D eigenvalue weighted by Gasteiger charge is -2.09. The zero-order valence-corrected chi connectivity index (χ0v) is 15.0. The number of H-pyrrole nitrogens is 1. The number of nitrogens with one attached hydrogen (secondary N) is 2. The van der Waals surface area contributed by atoms with Gasteiger partial charge in [-0.15, -0.1) is 10.2 Å². The molecular weight excluding hydrogens is 356 g/mol. The van der Waals surface area contributed by atoms with E-state index in [0.717, 1.165) is 11.3 Å². The summed E-state index contributed by atoms with van der Waals surface area (Å²) in [5.41, 5.74) is 1.60. The van der Waals surface area contributed by atoms with Crippen molar-refractivity contribution in [1.82, 2.24) is 15.2 Å². The summed E-state index contributed by atoms with van der Waals surface area (Å²) in [6.07, 6.45) is 0.323. The maximum absolute atomic E-state index is 12.3. The van der Waals surface area contributed by atoms with Crippen LogP contribution in [0.15, 0.2) is 47.3 Å². The largest absolute Gasteiger partial charge is 0.493 e. The number of aromatic amines is 1. The van der Waals surface area contributed by atoms with E-state index in [1.54, 1.807) is 50.6 Å². The lowest BCUT2D eigenvalue weighted by molar-refractivity contribution is 0.354. The molecule has 0 unspecified atom stereocenters. The third kappa shape index (κ3) is 4.12. The topological polar surface area (TPSA) is 89.1 Å². The minimum Gasteiger partial charge on any atom is -0.493 e. The molecule has 2 N–H and O–H groups in total. The molecule has 0 atom stereocenters. The second kappa shape index (κ2) is 7.88. The molecule has 1 heterocycles. The zero-order valence-electron chi connectivity index (χ0n) is 14.2. The summed E-state index contributed by atoms with van der Waals surface area (Å²) >= 11 is 5.85. The number of ether oxygens (including phenoxy) is 2. The molecule has 0 saturated carbocycles. The average Bonchev–Trinajstić information content (AvgIpc) is 2.65. The summed E-state index contributed by atoms with van der Waals surface area (Å²) in [4.78, 5) is 15.0. The Balaban J connectivity index is 1.77. The first kappa shape index (κ1) is 17.8. The van der Waals surface area contributed by atoms with Crippen LogP contribution in [0.4, 0.5) is 11.6 Å². The van der Waals surface area contributed by atoms with Crippen molar-refractivity contribution in [2.45, 2.75) is 6.42 Å². The normalized spacial score (nSPS) is 10.4. The van der Waals surface area contributed by atoms with Gasteiger partial charge in [-0.3, -0.25) is 9.78 Å². The predicted molar refractivity (Wildman–Crippen MR) is 99.7 cm³/mol. The first-order chi connectivity index (χ1) is 12.6. The zero-order chi connectivity index (χ0) is 18.5. The van der Waals surface area contributed by atoms with Crippen LogP contribution in [-0.4, -0.2) is 29.4 Å². The van der Waals surface area contributed by atoms with Gasteiger partial charge in [0.25, 0.3) is 5.56 Å². The number of aromatic nitrogens is 3. The molecule has 3 aromatic rings. The van der Waals surface area contributed by atoms with Gasteiger partial charge >= 0.3 is 0 Å². The first-order valence-corrected chi connectivity index (χ1v) is 8.16. The fraction of sp³-hybridized carbons (Fsp3) is 0.167. The summed E-state index contributed by atoms with van der Waals surface area (Å²) in [6.45, 7) is 0. The van der Waals surface area contributed by atoms with Gasteiger partial charge in [0, 0.05) is 17.1 Å². The minimum atomic E-state index is -0.314. The van der Waals surface area contributed by atoms with Gasteiger partial charge in [0.1, 0.15) is 5.69 Å². The average molecular weight is 373 g/mol. The van der Waals surface area contributed by atoms with Gasteiger partial charge in [-0.05, 0) is 42.0 Å². The fourth-order valence-corrected chi connectivity index (χ4v) is 2.51. The number of halogens is 1. The molecule has 26 heavy (non-hydrogen) atoms. The Kier molecular flexibility index (Phi) is 5.38. The highest BCUT2D eigenvalue weighted by Gasteiger charge is 2.10. The van der Waals surface area contributed by atoms with Crippen LogP contribution in [0.2, 0.25) is 5.02 Å². The molecule has 0 aliphatic rings. The first-order valence-electron chi connectivity index (χ1n) is 7.78. The van der Waals surface area contributed by atoms with Crippen molar-refractivity contribution >= 4 is 23.2 Å². The Labute approximate surface area is 155 Å². The Morgan fingerprint density at radius 2 is 1.77 bits per heavy atom. The highest BCUT2D eigenvalue weighted by molar-refractivity contribution is 6.30. The molecule has 3 rings (SSSR count). The van der Waals surface area contributed by atoms with Gasteiger partial charge in [-0.2, -0.15) is 0 Å². The smallest absolute Gasteiger partial charge is 0.274 e. The molecule has 0 fully saturated rings. The van der Waals surface area contributed by atoms with E-state index in [-0.39, 0.29) is 11.5 Å². The van der Waals surface area contributed by atoms with Crippen molar-refractivity contribution in [3.8, 4) is 11.5 Å². The van der Waals surface area contributed by atoms with Crippen molar-refractivity contribution in [3.63, 3.8) is 0 Å². The Bertz CT molecular complexity index is 957. The summed E-state index contributed by atoms with van der Waals surface area (Å²) in [5, 5.41) is 11.7. The second-order valence-corrected chi connectivity index (χ2v) is 5.88. The summed E-state index contributed by atoms with van der Waals surface area (Å²) in [6, 6.07) is 12.5. The minimum absolute atomic E-state index is 0.258. The molecule has 1 aromatic heterocycles. The Hall–Kier alpha value is -3.06. The Morgan fingerprint density at radius 1 is 1.04 bits per heavy atom. The molecule has 8 heteroatoms. The molecule has 7 nitrogen and oxygen atoms in total. The number of anilines is 2. The molecule has 0 amide bonds. The molecule has 0 radical (unpaired) electrons. The van der Waals surface area contributed by atoms with Crippen molar-refractivity contribution in [3.05, 3.63) is 69.1 Å². The molecule has 0 saturated heterocycles. The van der Waals surface area contributed by atoms with Crippen LogP contribution in [0.1, 0.15) is 11.3 Å². The van der Waals surface area contributed by atoms with E-state index in [4.69, 9.17) is 21.1 Å². The van der Waals surface area contributed by atoms with Crippen LogP contribution in [0.25, 0.3) is 0 Å². The quantitative estimate of drug-likeness (QED) is 0.690. The monoisotopic (exact) mass is 372 g/mol. The third-order valence-corrected chi connectivity index (χ3v) is 3.94. The second-order valence-electron chi connectivity index (χ2n) is 5.45. The maximum atomic E-state index is 12.3. The van der Waals surface area contributed by atoms with E-state index in [2.05, 4.69) is 20.5 Å². The predicted octanol–water partition coefficient (Wildman–Crippen LogP) is 3.17. The van der Waals surface area contributed by atoms with E-state index in [0.29, 0.717) is 28.6 Å². The third-order valence-electron chi connectivity index (χ3n) is 3.69. The fourth-order valence-electron chi connectivity index (χ4n) is 2.39. The molecule has 2 aromatic carbocycles. The number of rotatable bonds is 6. The van der Waals surface area contributed by atoms with Crippen LogP contribution in [0, 0.1) is 0 Å². The van der Waals surface area contributed by atoms with E-state index >= 15 is 0 Å². The SMILES string of the molecule is COc1ccc(Cc2nnc(Nc3ccc(Cl)cc3)[nH]c2=O)cc1OC. The van der Waals surface area contributed by atoms with Crippen LogP contribution >= 0.6 is 11.6 Å². The summed E-state index contributed by atoms with van der Waals surface area (Å²) in [5.74, 6) is 1.47. The number of hydrogen-bond donors (Lipinski definition) is 2. The Morgan fingerprint density at radius 3 is 2.42 bits per heavy atom.